The van der Waals surface area contributed by atoms with Crippen LogP contribution in [0.2, 0.25) is 0 Å². The quantitative estimate of drug-likeness (QED) is 0.179. The van der Waals surface area contributed by atoms with E-state index in [1.54, 1.807) is 0 Å². The van der Waals surface area contributed by atoms with Gasteiger partial charge in [0, 0.05) is 30.0 Å². The zero-order chi connectivity index (χ0) is 19.4. The SMILES string of the molecule is Brc1ccc(-c2cc[c-]c(-c3cc4c5c(cccc5n3)-c3ccccc3-4)c2)cc1.[Ir]. The van der Waals surface area contributed by atoms with Crippen LogP contribution in [0.25, 0.3) is 55.5 Å². The minimum atomic E-state index is 0. The van der Waals surface area contributed by atoms with Crippen molar-refractivity contribution in [2.45, 2.75) is 0 Å². The maximum Gasteiger partial charge on any atom is 0.0607 e. The normalized spacial score (nSPS) is 11.2. The van der Waals surface area contributed by atoms with E-state index in [1.165, 1.54) is 38.8 Å². The summed E-state index contributed by atoms with van der Waals surface area (Å²) in [6.07, 6.45) is 0. The second kappa shape index (κ2) is 7.59. The molecule has 3 heteroatoms. The fourth-order valence-corrected chi connectivity index (χ4v) is 4.52. The summed E-state index contributed by atoms with van der Waals surface area (Å²) in [7, 11) is 0. The number of benzene rings is 4. The van der Waals surface area contributed by atoms with E-state index in [1.807, 2.05) is 6.07 Å². The number of pyridine rings is 1. The standard InChI is InChI=1S/C27H15BrN.Ir/c28-20-13-11-17(12-14-20)18-5-3-6-19(15-18)26-16-24-22-8-2-1-7-21(22)23-9-4-10-25(29-26)27(23)24;/h1-5,7-16H;/q-1;. The van der Waals surface area contributed by atoms with Crippen molar-refractivity contribution in [3.05, 3.63) is 102 Å². The Kier molecular flexibility index (Phi) is 4.91. The van der Waals surface area contributed by atoms with Crippen LogP contribution >= 0.6 is 15.9 Å². The molecule has 0 fully saturated rings. The number of fused-ring (bicyclic) bond motifs is 3. The maximum absolute atomic E-state index is 5.00. The molecular weight excluding hydrogens is 610 g/mol. The van der Waals surface area contributed by atoms with Gasteiger partial charge < -0.3 is 0 Å². The van der Waals surface area contributed by atoms with E-state index in [0.29, 0.717) is 0 Å². The van der Waals surface area contributed by atoms with Crippen LogP contribution in [0.1, 0.15) is 0 Å². The van der Waals surface area contributed by atoms with E-state index in [2.05, 4.69) is 107 Å². The van der Waals surface area contributed by atoms with Gasteiger partial charge in [-0.2, -0.15) is 0 Å². The summed E-state index contributed by atoms with van der Waals surface area (Å²) in [5.41, 5.74) is 10.5. The van der Waals surface area contributed by atoms with Crippen molar-refractivity contribution in [3.63, 3.8) is 0 Å². The summed E-state index contributed by atoms with van der Waals surface area (Å²) in [4.78, 5) is 5.00. The van der Waals surface area contributed by atoms with Gasteiger partial charge in [-0.3, -0.25) is 4.98 Å². The van der Waals surface area contributed by atoms with Crippen LogP contribution in [0, 0.1) is 6.07 Å². The molecule has 1 aliphatic rings. The molecule has 0 spiro atoms. The molecule has 1 radical (unpaired) electrons. The number of hydrogen-bond donors (Lipinski definition) is 0. The van der Waals surface area contributed by atoms with Crippen molar-refractivity contribution >= 4 is 26.8 Å². The Morgan fingerprint density at radius 1 is 0.667 bits per heavy atom. The van der Waals surface area contributed by atoms with E-state index in [0.717, 1.165) is 21.2 Å². The molecule has 0 saturated heterocycles. The van der Waals surface area contributed by atoms with Crippen LogP contribution < -0.4 is 0 Å². The molecule has 1 aliphatic carbocycles. The Balaban J connectivity index is 0.00000193. The van der Waals surface area contributed by atoms with Crippen molar-refractivity contribution in [2.24, 2.45) is 0 Å². The molecule has 1 nitrogen and oxygen atoms in total. The number of hydrogen-bond acceptors (Lipinski definition) is 1. The van der Waals surface area contributed by atoms with Crippen LogP contribution in [-0.4, -0.2) is 4.98 Å². The third-order valence-corrected chi connectivity index (χ3v) is 6.12. The molecule has 145 valence electrons. The van der Waals surface area contributed by atoms with Crippen molar-refractivity contribution < 1.29 is 20.1 Å². The van der Waals surface area contributed by atoms with Crippen LogP contribution in [0.3, 0.4) is 0 Å². The Labute approximate surface area is 197 Å². The number of rotatable bonds is 2. The molecular formula is C27H15BrIrN-. The van der Waals surface area contributed by atoms with Gasteiger partial charge in [0.2, 0.25) is 0 Å². The molecule has 30 heavy (non-hydrogen) atoms. The minimum absolute atomic E-state index is 0. The molecule has 5 aromatic rings. The topological polar surface area (TPSA) is 12.9 Å². The third kappa shape index (κ3) is 3.06. The molecule has 6 rings (SSSR count). The predicted octanol–water partition coefficient (Wildman–Crippen LogP) is 7.78. The van der Waals surface area contributed by atoms with Crippen molar-refractivity contribution in [3.8, 4) is 44.6 Å². The minimum Gasteiger partial charge on any atom is -0.296 e. The molecule has 0 atom stereocenters. The van der Waals surface area contributed by atoms with Gasteiger partial charge in [-0.15, -0.1) is 35.4 Å². The summed E-state index contributed by atoms with van der Waals surface area (Å²) in [5.74, 6) is 0. The van der Waals surface area contributed by atoms with Gasteiger partial charge in [0.05, 0.1) is 5.52 Å². The van der Waals surface area contributed by atoms with Gasteiger partial charge in [0.1, 0.15) is 0 Å². The van der Waals surface area contributed by atoms with Gasteiger partial charge in [0.25, 0.3) is 0 Å². The molecule has 1 heterocycles. The first-order valence-electron chi connectivity index (χ1n) is 9.59. The Hall–Kier alpha value is -2.58. The monoisotopic (exact) mass is 625 g/mol. The van der Waals surface area contributed by atoms with Crippen LogP contribution in [0.15, 0.2) is 95.5 Å². The largest absolute Gasteiger partial charge is 0.296 e. The zero-order valence-corrected chi connectivity index (χ0v) is 19.8. The van der Waals surface area contributed by atoms with E-state index in [9.17, 15) is 0 Å². The van der Waals surface area contributed by atoms with E-state index in [4.69, 9.17) is 4.98 Å². The van der Waals surface area contributed by atoms with Crippen LogP contribution in [0.4, 0.5) is 0 Å². The number of halogens is 1. The van der Waals surface area contributed by atoms with Gasteiger partial charge in [-0.25, -0.2) is 0 Å². The van der Waals surface area contributed by atoms with Gasteiger partial charge >= 0.3 is 0 Å². The van der Waals surface area contributed by atoms with E-state index < -0.39 is 0 Å². The zero-order valence-electron chi connectivity index (χ0n) is 15.8. The number of aromatic nitrogens is 1. The third-order valence-electron chi connectivity index (χ3n) is 5.60. The molecule has 0 unspecified atom stereocenters. The van der Waals surface area contributed by atoms with Crippen LogP contribution in [-0.2, 0) is 20.1 Å². The predicted molar refractivity (Wildman–Crippen MR) is 124 cm³/mol. The smallest absolute Gasteiger partial charge is 0.0607 e. The Morgan fingerprint density at radius 2 is 1.40 bits per heavy atom. The van der Waals surface area contributed by atoms with E-state index >= 15 is 0 Å². The average Bonchev–Trinajstić information content (AvgIpc) is 3.10. The Morgan fingerprint density at radius 3 is 2.20 bits per heavy atom. The molecule has 0 bridgehead atoms. The maximum atomic E-state index is 5.00. The molecule has 0 aliphatic heterocycles. The summed E-state index contributed by atoms with van der Waals surface area (Å²) in [6.45, 7) is 0. The first-order valence-corrected chi connectivity index (χ1v) is 10.4. The summed E-state index contributed by atoms with van der Waals surface area (Å²) >= 11 is 3.51. The first-order chi connectivity index (χ1) is 14.3. The number of nitrogens with zero attached hydrogens (tertiary/aromatic N) is 1. The van der Waals surface area contributed by atoms with Gasteiger partial charge in [-0.05, 0) is 51.7 Å². The van der Waals surface area contributed by atoms with Crippen LogP contribution in [0.5, 0.6) is 0 Å². The van der Waals surface area contributed by atoms with Crippen molar-refractivity contribution in [1.82, 2.24) is 4.98 Å². The Bertz CT molecular complexity index is 1410. The summed E-state index contributed by atoms with van der Waals surface area (Å²) < 4.78 is 1.08. The molecule has 0 amide bonds. The molecule has 1 aromatic heterocycles. The second-order valence-electron chi connectivity index (χ2n) is 7.30. The van der Waals surface area contributed by atoms with Gasteiger partial charge in [-0.1, -0.05) is 70.5 Å². The average molecular weight is 626 g/mol. The van der Waals surface area contributed by atoms with Gasteiger partial charge in [0.15, 0.2) is 0 Å². The fourth-order valence-electron chi connectivity index (χ4n) is 4.25. The first kappa shape index (κ1) is 19.4. The van der Waals surface area contributed by atoms with E-state index in [-0.39, 0.29) is 20.1 Å². The van der Waals surface area contributed by atoms with Crippen molar-refractivity contribution in [2.75, 3.05) is 0 Å². The molecule has 4 aromatic carbocycles. The molecule has 0 N–H and O–H groups in total. The molecule has 0 saturated carbocycles. The van der Waals surface area contributed by atoms with Crippen molar-refractivity contribution in [1.29, 1.82) is 0 Å². The second-order valence-corrected chi connectivity index (χ2v) is 8.21. The summed E-state index contributed by atoms with van der Waals surface area (Å²) in [5, 5.41) is 1.25. The fraction of sp³-hybridized carbons (Fsp3) is 0. The summed E-state index contributed by atoms with van der Waals surface area (Å²) in [6, 6.07) is 35.3.